The molecule has 0 bridgehead atoms. The number of likely N-dealkylation sites (N-methyl/N-ethyl adjacent to an activating group) is 1. The molecule has 0 unspecified atom stereocenters. The highest BCUT2D eigenvalue weighted by Gasteiger charge is 2.44. The number of carbonyl (C=O) groups is 1. The molecule has 2 atom stereocenters. The van der Waals surface area contributed by atoms with E-state index < -0.39 is 12.2 Å². The van der Waals surface area contributed by atoms with Crippen LogP contribution in [-0.2, 0) is 11.3 Å². The van der Waals surface area contributed by atoms with Crippen molar-refractivity contribution in [3.63, 3.8) is 0 Å². The van der Waals surface area contributed by atoms with Crippen LogP contribution in [0, 0.1) is 0 Å². The predicted molar refractivity (Wildman–Crippen MR) is 61.5 cm³/mol. The van der Waals surface area contributed by atoms with E-state index in [0.29, 0.717) is 6.42 Å². The molecule has 1 aliphatic heterocycles. The van der Waals surface area contributed by atoms with E-state index in [1.165, 1.54) is 23.0 Å². The van der Waals surface area contributed by atoms with Crippen molar-refractivity contribution in [3.8, 4) is 0 Å². The fourth-order valence-electron chi connectivity index (χ4n) is 2.35. The number of hydrogen-bond acceptors (Lipinski definition) is 5. The van der Waals surface area contributed by atoms with Crippen molar-refractivity contribution in [1.82, 2.24) is 30.4 Å². The lowest BCUT2D eigenvalue weighted by Gasteiger charge is -2.38. The molecular weight excluding hydrogens is 277 g/mol. The second-order valence-electron chi connectivity index (χ2n) is 4.85. The van der Waals surface area contributed by atoms with Crippen LogP contribution in [-0.4, -0.2) is 62.9 Å². The van der Waals surface area contributed by atoms with Gasteiger partial charge in [0.15, 0.2) is 0 Å². The fraction of sp³-hybridized carbons (Fsp3) is 0.800. The summed E-state index contributed by atoms with van der Waals surface area (Å²) >= 11 is 0. The number of nitrogens with one attached hydrogen (secondary N) is 1. The monoisotopic (exact) mass is 292 g/mol. The van der Waals surface area contributed by atoms with Crippen molar-refractivity contribution in [2.75, 3.05) is 13.6 Å². The number of hydrogen-bond donors (Lipinski definition) is 1. The molecule has 1 aromatic heterocycles. The van der Waals surface area contributed by atoms with E-state index in [-0.39, 0.29) is 31.5 Å². The highest BCUT2D eigenvalue weighted by molar-refractivity contribution is 5.75. The molecule has 0 radical (unpaired) electrons. The zero-order valence-electron chi connectivity index (χ0n) is 10.8. The van der Waals surface area contributed by atoms with Gasteiger partial charge in [0.1, 0.15) is 18.9 Å². The third-order valence-electron chi connectivity index (χ3n) is 3.27. The van der Waals surface area contributed by atoms with E-state index >= 15 is 0 Å². The number of nitrogens with zero attached hydrogens (tertiary/aromatic N) is 5. The summed E-state index contributed by atoms with van der Waals surface area (Å²) in [6.07, 6.45) is -2.64. The maximum Gasteiger partial charge on any atom is 0.404 e. The SMILES string of the molecule is CN1C[C@H](NC(=O)Cn2cnnn2)CC[C@H]1C(F)(F)F. The summed E-state index contributed by atoms with van der Waals surface area (Å²) in [5.74, 6) is -0.318. The highest BCUT2D eigenvalue weighted by atomic mass is 19.4. The number of amides is 1. The van der Waals surface area contributed by atoms with Gasteiger partial charge in [-0.15, -0.1) is 5.10 Å². The summed E-state index contributed by atoms with van der Waals surface area (Å²) in [7, 11) is 1.41. The van der Waals surface area contributed by atoms with E-state index in [1.54, 1.807) is 0 Å². The van der Waals surface area contributed by atoms with Gasteiger partial charge in [0, 0.05) is 12.6 Å². The lowest BCUT2D eigenvalue weighted by atomic mass is 9.98. The minimum atomic E-state index is -4.23. The zero-order chi connectivity index (χ0) is 14.8. The smallest absolute Gasteiger partial charge is 0.350 e. The number of tetrazole rings is 1. The molecular formula is C10H15F3N6O. The number of rotatable bonds is 3. The number of piperidine rings is 1. The summed E-state index contributed by atoms with van der Waals surface area (Å²) in [6.45, 7) is 0.126. The van der Waals surface area contributed by atoms with E-state index in [0.717, 1.165) is 0 Å². The van der Waals surface area contributed by atoms with Gasteiger partial charge in [0.25, 0.3) is 0 Å². The molecule has 1 amide bonds. The number of likely N-dealkylation sites (tertiary alicyclic amines) is 1. The lowest BCUT2D eigenvalue weighted by molar-refractivity contribution is -0.188. The van der Waals surface area contributed by atoms with Crippen molar-refractivity contribution >= 4 is 5.91 Å². The van der Waals surface area contributed by atoms with Crippen LogP contribution in [0.1, 0.15) is 12.8 Å². The van der Waals surface area contributed by atoms with Gasteiger partial charge in [-0.3, -0.25) is 9.69 Å². The van der Waals surface area contributed by atoms with E-state index in [9.17, 15) is 18.0 Å². The molecule has 2 heterocycles. The minimum absolute atomic E-state index is 0.0180. The van der Waals surface area contributed by atoms with Gasteiger partial charge >= 0.3 is 6.18 Å². The zero-order valence-corrected chi connectivity index (χ0v) is 10.8. The Morgan fingerprint density at radius 2 is 2.20 bits per heavy atom. The van der Waals surface area contributed by atoms with Crippen LogP contribution in [0.5, 0.6) is 0 Å². The van der Waals surface area contributed by atoms with Crippen LogP contribution in [0.3, 0.4) is 0 Å². The molecule has 20 heavy (non-hydrogen) atoms. The molecule has 112 valence electrons. The maximum absolute atomic E-state index is 12.7. The molecule has 7 nitrogen and oxygen atoms in total. The molecule has 10 heteroatoms. The van der Waals surface area contributed by atoms with Gasteiger partial charge in [-0.1, -0.05) is 0 Å². The molecule has 1 aliphatic rings. The number of alkyl halides is 3. The topological polar surface area (TPSA) is 75.9 Å². The molecule has 0 aliphatic carbocycles. The van der Waals surface area contributed by atoms with Crippen LogP contribution >= 0.6 is 0 Å². The first-order valence-electron chi connectivity index (χ1n) is 6.13. The Kier molecular flexibility index (Phi) is 4.21. The van der Waals surface area contributed by atoms with Crippen LogP contribution in [0.25, 0.3) is 0 Å². The average Bonchev–Trinajstić information content (AvgIpc) is 2.79. The normalized spacial score (nSPS) is 24.6. The van der Waals surface area contributed by atoms with Gasteiger partial charge < -0.3 is 5.32 Å². The van der Waals surface area contributed by atoms with Gasteiger partial charge in [0.2, 0.25) is 5.91 Å². The molecule has 1 aromatic rings. The Labute approximate surface area is 113 Å². The Bertz CT molecular complexity index is 448. The first-order valence-corrected chi connectivity index (χ1v) is 6.13. The van der Waals surface area contributed by atoms with Gasteiger partial charge in [-0.25, -0.2) is 4.68 Å². The predicted octanol–water partition coefficient (Wildman–Crippen LogP) is -0.186. The minimum Gasteiger partial charge on any atom is -0.350 e. The number of carbonyl (C=O) groups excluding carboxylic acids is 1. The summed E-state index contributed by atoms with van der Waals surface area (Å²) < 4.78 is 39.3. The molecule has 1 N–H and O–H groups in total. The molecule has 0 saturated carbocycles. The van der Waals surface area contributed by atoms with Crippen LogP contribution in [0.2, 0.25) is 0 Å². The average molecular weight is 292 g/mol. The molecule has 0 spiro atoms. The van der Waals surface area contributed by atoms with E-state index in [2.05, 4.69) is 20.8 Å². The third-order valence-corrected chi connectivity index (χ3v) is 3.27. The van der Waals surface area contributed by atoms with Crippen molar-refractivity contribution in [2.45, 2.75) is 37.6 Å². The Morgan fingerprint density at radius 3 is 2.75 bits per heavy atom. The third kappa shape index (κ3) is 3.65. The molecule has 0 aromatic carbocycles. The summed E-state index contributed by atoms with van der Waals surface area (Å²) in [4.78, 5) is 12.9. The van der Waals surface area contributed by atoms with Crippen molar-refractivity contribution in [2.24, 2.45) is 0 Å². The van der Waals surface area contributed by atoms with E-state index in [4.69, 9.17) is 0 Å². The second-order valence-corrected chi connectivity index (χ2v) is 4.85. The van der Waals surface area contributed by atoms with Crippen LogP contribution in [0.4, 0.5) is 13.2 Å². The summed E-state index contributed by atoms with van der Waals surface area (Å²) in [5.41, 5.74) is 0. The standard InChI is InChI=1S/C10H15F3N6O/c1-18-4-7(2-3-8(18)10(11,12)13)15-9(20)5-19-6-14-16-17-19/h6-8H,2-5H2,1H3,(H,15,20)/t7-,8+/m1/s1. The second kappa shape index (κ2) is 5.73. The first kappa shape index (κ1) is 14.7. The Hall–Kier alpha value is -1.71. The molecule has 2 rings (SSSR count). The fourth-order valence-corrected chi connectivity index (χ4v) is 2.35. The Balaban J connectivity index is 1.82. The summed E-state index contributed by atoms with van der Waals surface area (Å²) in [5, 5.41) is 13.0. The number of halogens is 3. The molecule has 1 fully saturated rings. The van der Waals surface area contributed by atoms with Crippen LogP contribution in [0.15, 0.2) is 6.33 Å². The number of aromatic nitrogens is 4. The Morgan fingerprint density at radius 1 is 1.45 bits per heavy atom. The highest BCUT2D eigenvalue weighted by Crippen LogP contribution is 2.30. The lowest BCUT2D eigenvalue weighted by Crippen LogP contribution is -2.55. The van der Waals surface area contributed by atoms with E-state index in [1.807, 2.05) is 0 Å². The van der Waals surface area contributed by atoms with Crippen molar-refractivity contribution in [3.05, 3.63) is 6.33 Å². The largest absolute Gasteiger partial charge is 0.404 e. The quantitative estimate of drug-likeness (QED) is 0.836. The van der Waals surface area contributed by atoms with Gasteiger partial charge in [-0.2, -0.15) is 13.2 Å². The van der Waals surface area contributed by atoms with Gasteiger partial charge in [0.05, 0.1) is 0 Å². The van der Waals surface area contributed by atoms with Crippen molar-refractivity contribution < 1.29 is 18.0 Å². The van der Waals surface area contributed by atoms with Crippen molar-refractivity contribution in [1.29, 1.82) is 0 Å². The van der Waals surface area contributed by atoms with Gasteiger partial charge in [-0.05, 0) is 30.3 Å². The maximum atomic E-state index is 12.7. The van der Waals surface area contributed by atoms with Crippen LogP contribution < -0.4 is 5.32 Å². The summed E-state index contributed by atoms with van der Waals surface area (Å²) in [6, 6.07) is -1.72. The first-order chi connectivity index (χ1) is 9.36. The molecule has 1 saturated heterocycles.